The number of halogens is 1. The molecule has 0 bridgehead atoms. The second-order valence-corrected chi connectivity index (χ2v) is 4.86. The average Bonchev–Trinajstić information content (AvgIpc) is 2.40. The Morgan fingerprint density at radius 1 is 1.05 bits per heavy atom. The summed E-state index contributed by atoms with van der Waals surface area (Å²) in [5, 5.41) is 9.28. The number of alkyl halides is 1. The monoisotopic (exact) mass is 334 g/mol. The van der Waals surface area contributed by atoms with Crippen LogP contribution < -0.4 is 0 Å². The molecule has 0 spiro atoms. The molecule has 0 aromatic carbocycles. The lowest BCUT2D eigenvalue weighted by atomic mass is 10.2. The van der Waals surface area contributed by atoms with Gasteiger partial charge in [0, 0.05) is 18.2 Å². The van der Waals surface area contributed by atoms with Crippen molar-refractivity contribution in [3.8, 4) is 11.8 Å². The van der Waals surface area contributed by atoms with E-state index < -0.39 is 6.16 Å². The van der Waals surface area contributed by atoms with Crippen LogP contribution in [0.25, 0.3) is 0 Å². The van der Waals surface area contributed by atoms with Gasteiger partial charge in [-0.3, -0.25) is 0 Å². The van der Waals surface area contributed by atoms with Gasteiger partial charge < -0.3 is 9.84 Å². The van der Waals surface area contributed by atoms with Crippen LogP contribution in [0.15, 0.2) is 0 Å². The minimum absolute atomic E-state index is 0.177. The molecule has 0 aliphatic heterocycles. The van der Waals surface area contributed by atoms with Crippen LogP contribution in [0, 0.1) is 11.8 Å². The summed E-state index contributed by atoms with van der Waals surface area (Å²) in [5.41, 5.74) is 0. The van der Waals surface area contributed by atoms with Gasteiger partial charge in [-0.2, -0.15) is 0 Å². The number of unbranched alkanes of at least 4 members (excludes halogenated alkanes) is 5. The highest BCUT2D eigenvalue weighted by Gasteiger charge is 1.91. The quantitative estimate of drug-likeness (QED) is 0.286. The molecule has 0 aliphatic rings. The van der Waals surface area contributed by atoms with Crippen LogP contribution in [-0.4, -0.2) is 23.2 Å². The predicted octanol–water partition coefficient (Wildman–Crippen LogP) is 5.23. The summed E-state index contributed by atoms with van der Waals surface area (Å²) in [5.74, 6) is 5.83. The van der Waals surface area contributed by atoms with Crippen LogP contribution in [-0.2, 0) is 4.74 Å². The molecular weight excluding hydrogens is 308 g/mol. The molecule has 4 heteroatoms. The van der Waals surface area contributed by atoms with Crippen molar-refractivity contribution in [2.75, 3.05) is 11.9 Å². The van der Waals surface area contributed by atoms with E-state index in [0.29, 0.717) is 6.42 Å². The second kappa shape index (κ2) is 19.6. The summed E-state index contributed by atoms with van der Waals surface area (Å²) in [6, 6.07) is 0. The number of rotatable bonds is 8. The van der Waals surface area contributed by atoms with Crippen molar-refractivity contribution < 1.29 is 14.6 Å². The van der Waals surface area contributed by atoms with Gasteiger partial charge in [0.15, 0.2) is 0 Å². The summed E-state index contributed by atoms with van der Waals surface area (Å²) >= 11 is 3.35. The first-order valence-corrected chi connectivity index (χ1v) is 8.18. The van der Waals surface area contributed by atoms with Gasteiger partial charge in [0.25, 0.3) is 0 Å². The zero-order valence-corrected chi connectivity index (χ0v) is 13.8. The van der Waals surface area contributed by atoms with Crippen LogP contribution in [0.1, 0.15) is 65.2 Å². The Morgan fingerprint density at radius 2 is 1.63 bits per heavy atom. The van der Waals surface area contributed by atoms with E-state index >= 15 is 0 Å². The second-order valence-electron chi connectivity index (χ2n) is 4.07. The maximum atomic E-state index is 9.90. The molecule has 0 heterocycles. The molecular formula is C15H27BrO3. The van der Waals surface area contributed by atoms with Crippen LogP contribution in [0.4, 0.5) is 4.79 Å². The summed E-state index contributed by atoms with van der Waals surface area (Å²) in [6.45, 7) is 4.53. The molecule has 0 atom stereocenters. The van der Waals surface area contributed by atoms with Gasteiger partial charge in [-0.15, -0.1) is 5.92 Å². The van der Waals surface area contributed by atoms with Crippen molar-refractivity contribution in [3.63, 3.8) is 0 Å². The molecule has 0 rings (SSSR count). The van der Waals surface area contributed by atoms with E-state index in [-0.39, 0.29) is 6.61 Å². The largest absolute Gasteiger partial charge is 0.505 e. The van der Waals surface area contributed by atoms with Crippen LogP contribution >= 0.6 is 15.9 Å². The van der Waals surface area contributed by atoms with E-state index in [4.69, 9.17) is 5.11 Å². The smallest absolute Gasteiger partial charge is 0.450 e. The van der Waals surface area contributed by atoms with Gasteiger partial charge in [-0.25, -0.2) is 4.79 Å². The van der Waals surface area contributed by atoms with E-state index in [2.05, 4.69) is 46.4 Å². The lowest BCUT2D eigenvalue weighted by Crippen LogP contribution is -2.00. The van der Waals surface area contributed by atoms with E-state index in [9.17, 15) is 4.79 Å². The highest BCUT2D eigenvalue weighted by molar-refractivity contribution is 9.09. The van der Waals surface area contributed by atoms with E-state index in [1.807, 2.05) is 0 Å². The zero-order valence-electron chi connectivity index (χ0n) is 12.2. The van der Waals surface area contributed by atoms with Crippen molar-refractivity contribution in [3.05, 3.63) is 0 Å². The van der Waals surface area contributed by atoms with Gasteiger partial charge >= 0.3 is 6.16 Å². The third-order valence-electron chi connectivity index (χ3n) is 2.22. The van der Waals surface area contributed by atoms with Crippen molar-refractivity contribution in [1.29, 1.82) is 0 Å². The maximum absolute atomic E-state index is 9.90. The summed E-state index contributed by atoms with van der Waals surface area (Å²) in [4.78, 5) is 9.90. The molecule has 112 valence electrons. The fourth-order valence-corrected chi connectivity index (χ4v) is 1.57. The number of hydrogen-bond donors (Lipinski definition) is 1. The minimum atomic E-state index is -1.23. The van der Waals surface area contributed by atoms with Crippen molar-refractivity contribution >= 4 is 22.1 Å². The van der Waals surface area contributed by atoms with Crippen LogP contribution in [0.5, 0.6) is 0 Å². The molecule has 0 fully saturated rings. The molecule has 0 amide bonds. The number of carboxylic acid groups (broad SMARTS) is 1. The Kier molecular flexibility index (Phi) is 21.3. The van der Waals surface area contributed by atoms with Crippen LogP contribution in [0.2, 0.25) is 0 Å². The normalized spacial score (nSPS) is 8.79. The first kappa shape index (κ1) is 20.6. The van der Waals surface area contributed by atoms with Crippen LogP contribution in [0.3, 0.4) is 0 Å². The van der Waals surface area contributed by atoms with Crippen molar-refractivity contribution in [2.24, 2.45) is 0 Å². The average molecular weight is 335 g/mol. The van der Waals surface area contributed by atoms with Gasteiger partial charge in [0.1, 0.15) is 6.61 Å². The molecule has 1 N–H and O–H groups in total. The molecule has 0 saturated carbocycles. The number of ether oxygens (including phenoxy) is 1. The fraction of sp³-hybridized carbons (Fsp3) is 0.800. The van der Waals surface area contributed by atoms with Crippen molar-refractivity contribution in [2.45, 2.75) is 65.2 Å². The molecule has 0 radical (unpaired) electrons. The molecule has 3 nitrogen and oxygen atoms in total. The third kappa shape index (κ3) is 26.8. The van der Waals surface area contributed by atoms with Gasteiger partial charge in [0.05, 0.1) is 0 Å². The maximum Gasteiger partial charge on any atom is 0.505 e. The van der Waals surface area contributed by atoms with E-state index in [1.54, 1.807) is 0 Å². The summed E-state index contributed by atoms with van der Waals surface area (Å²) in [7, 11) is 0. The summed E-state index contributed by atoms with van der Waals surface area (Å²) in [6.07, 6.45) is 7.73. The summed E-state index contributed by atoms with van der Waals surface area (Å²) < 4.78 is 4.28. The minimum Gasteiger partial charge on any atom is -0.450 e. The highest BCUT2D eigenvalue weighted by Crippen LogP contribution is 1.97. The Hall–Kier alpha value is -0.690. The number of hydrogen-bond acceptors (Lipinski definition) is 2. The third-order valence-corrected chi connectivity index (χ3v) is 2.78. The van der Waals surface area contributed by atoms with Gasteiger partial charge in [0.2, 0.25) is 0 Å². The van der Waals surface area contributed by atoms with E-state index in [0.717, 1.165) is 12.8 Å². The Balaban J connectivity index is 0. The first-order valence-electron chi connectivity index (χ1n) is 7.06. The Labute approximate surface area is 126 Å². The molecule has 0 saturated heterocycles. The highest BCUT2D eigenvalue weighted by atomic mass is 79.9. The fourth-order valence-electron chi connectivity index (χ4n) is 1.17. The lowest BCUT2D eigenvalue weighted by Gasteiger charge is -1.93. The Bertz CT molecular complexity index is 240. The van der Waals surface area contributed by atoms with Gasteiger partial charge in [-0.05, 0) is 12.8 Å². The molecule has 0 aromatic rings. The molecule has 19 heavy (non-hydrogen) atoms. The Morgan fingerprint density at radius 3 is 2.11 bits per heavy atom. The van der Waals surface area contributed by atoms with E-state index in [1.165, 1.54) is 37.4 Å². The zero-order chi connectivity index (χ0) is 14.8. The standard InChI is InChI=1S/C10H16O3.C5H11Br/c1-2-3-4-5-6-7-8-9-13-10(11)12;1-2-3-4-5-6/h2-5,8-9H2,1H3,(H,11,12);2-5H2,1H3. The lowest BCUT2D eigenvalue weighted by molar-refractivity contribution is 0.0937. The molecule has 0 aliphatic carbocycles. The molecule has 0 aromatic heterocycles. The topological polar surface area (TPSA) is 46.5 Å². The first-order chi connectivity index (χ1) is 9.18. The van der Waals surface area contributed by atoms with Crippen molar-refractivity contribution in [1.82, 2.24) is 0 Å². The SMILES string of the molecule is CCCCCBr.CCCCCC#CCCOC(=O)O. The molecule has 0 unspecified atom stereocenters. The van der Waals surface area contributed by atoms with Gasteiger partial charge in [-0.1, -0.05) is 61.4 Å². The number of carbonyl (C=O) groups is 1. The predicted molar refractivity (Wildman–Crippen MR) is 83.8 cm³/mol.